The number of carbonyl (C=O) groups excluding carboxylic acids is 1. The second-order valence-electron chi connectivity index (χ2n) is 6.59. The number of anilines is 1. The smallest absolute Gasteiger partial charge is 0.220 e. The molecule has 2 aromatic rings. The lowest BCUT2D eigenvalue weighted by Crippen LogP contribution is -2.26. The first-order valence-electron chi connectivity index (χ1n) is 9.01. The van der Waals surface area contributed by atoms with E-state index >= 15 is 0 Å². The number of benzene rings is 1. The van der Waals surface area contributed by atoms with Crippen LogP contribution in [-0.4, -0.2) is 35.8 Å². The molecule has 25 heavy (non-hydrogen) atoms. The lowest BCUT2D eigenvalue weighted by Gasteiger charge is -2.19. The van der Waals surface area contributed by atoms with Crippen molar-refractivity contribution in [2.75, 3.05) is 25.0 Å². The molecule has 1 N–H and O–H groups in total. The number of aromatic nitrogens is 2. The SMILES string of the molecule is Cc1nn(C)c(C)c1CCC(=O)NCCCCN(C)c1ccccc1. The molecule has 0 aliphatic heterocycles. The maximum atomic E-state index is 12.0. The Balaban J connectivity index is 1.61. The maximum absolute atomic E-state index is 12.0. The molecule has 0 saturated heterocycles. The van der Waals surface area contributed by atoms with E-state index in [4.69, 9.17) is 0 Å². The number of amides is 1. The first-order valence-corrected chi connectivity index (χ1v) is 9.01. The van der Waals surface area contributed by atoms with Crippen molar-refractivity contribution in [3.05, 3.63) is 47.3 Å². The Bertz CT molecular complexity index is 679. The Morgan fingerprint density at radius 3 is 2.56 bits per heavy atom. The Morgan fingerprint density at radius 1 is 1.20 bits per heavy atom. The van der Waals surface area contributed by atoms with Crippen LogP contribution in [-0.2, 0) is 18.3 Å². The van der Waals surface area contributed by atoms with Gasteiger partial charge in [0.2, 0.25) is 5.91 Å². The van der Waals surface area contributed by atoms with E-state index in [1.165, 1.54) is 11.3 Å². The highest BCUT2D eigenvalue weighted by Gasteiger charge is 2.11. The number of unbranched alkanes of at least 4 members (excludes halogenated alkanes) is 1. The van der Waals surface area contributed by atoms with Gasteiger partial charge >= 0.3 is 0 Å². The van der Waals surface area contributed by atoms with E-state index in [-0.39, 0.29) is 5.91 Å². The van der Waals surface area contributed by atoms with Crippen LogP contribution in [0.3, 0.4) is 0 Å². The molecule has 5 heteroatoms. The van der Waals surface area contributed by atoms with Crippen LogP contribution in [0.2, 0.25) is 0 Å². The lowest BCUT2D eigenvalue weighted by molar-refractivity contribution is -0.121. The van der Waals surface area contributed by atoms with Crippen LogP contribution in [0.15, 0.2) is 30.3 Å². The molecule has 0 saturated carbocycles. The van der Waals surface area contributed by atoms with Gasteiger partial charge in [0.25, 0.3) is 0 Å². The first kappa shape index (κ1) is 19.0. The predicted molar refractivity (Wildman–Crippen MR) is 103 cm³/mol. The monoisotopic (exact) mass is 342 g/mol. The van der Waals surface area contributed by atoms with E-state index in [0.717, 1.165) is 43.7 Å². The fourth-order valence-electron chi connectivity index (χ4n) is 3.02. The normalized spacial score (nSPS) is 10.7. The molecule has 0 atom stereocenters. The zero-order valence-electron chi connectivity index (χ0n) is 15.9. The average molecular weight is 342 g/mol. The van der Waals surface area contributed by atoms with Crippen LogP contribution < -0.4 is 10.2 Å². The van der Waals surface area contributed by atoms with Gasteiger partial charge in [-0.15, -0.1) is 0 Å². The summed E-state index contributed by atoms with van der Waals surface area (Å²) in [6.45, 7) is 5.79. The molecular weight excluding hydrogens is 312 g/mol. The Kier molecular flexibility index (Phi) is 7.04. The van der Waals surface area contributed by atoms with Gasteiger partial charge in [0.15, 0.2) is 0 Å². The Labute approximate surface area is 151 Å². The summed E-state index contributed by atoms with van der Waals surface area (Å²) >= 11 is 0. The van der Waals surface area contributed by atoms with Crippen LogP contribution in [0.4, 0.5) is 5.69 Å². The van der Waals surface area contributed by atoms with E-state index in [1.54, 1.807) is 0 Å². The third kappa shape index (κ3) is 5.62. The largest absolute Gasteiger partial charge is 0.375 e. The standard InChI is InChI=1S/C20H30N4O/c1-16-19(17(2)24(4)22-16)12-13-20(25)21-14-8-9-15-23(3)18-10-6-5-7-11-18/h5-7,10-11H,8-9,12-15H2,1-4H3,(H,21,25). The Morgan fingerprint density at radius 2 is 1.92 bits per heavy atom. The van der Waals surface area contributed by atoms with Crippen molar-refractivity contribution in [3.8, 4) is 0 Å². The van der Waals surface area contributed by atoms with Crippen molar-refractivity contribution in [1.29, 1.82) is 0 Å². The fourth-order valence-corrected chi connectivity index (χ4v) is 3.02. The summed E-state index contributed by atoms with van der Waals surface area (Å²) in [5, 5.41) is 7.42. The van der Waals surface area contributed by atoms with E-state index in [1.807, 2.05) is 24.7 Å². The van der Waals surface area contributed by atoms with Gasteiger partial charge in [-0.25, -0.2) is 0 Å². The number of para-hydroxylation sites is 1. The number of nitrogens with zero attached hydrogens (tertiary/aromatic N) is 3. The minimum atomic E-state index is 0.124. The van der Waals surface area contributed by atoms with E-state index < -0.39 is 0 Å². The van der Waals surface area contributed by atoms with Crippen molar-refractivity contribution in [2.45, 2.75) is 39.5 Å². The lowest BCUT2D eigenvalue weighted by atomic mass is 10.1. The van der Waals surface area contributed by atoms with Crippen molar-refractivity contribution in [1.82, 2.24) is 15.1 Å². The van der Waals surface area contributed by atoms with E-state index in [0.29, 0.717) is 6.42 Å². The molecule has 0 bridgehead atoms. The molecule has 0 aliphatic carbocycles. The second kappa shape index (κ2) is 9.25. The maximum Gasteiger partial charge on any atom is 0.220 e. The molecule has 136 valence electrons. The number of hydrogen-bond acceptors (Lipinski definition) is 3. The molecule has 5 nitrogen and oxygen atoms in total. The Hall–Kier alpha value is -2.30. The van der Waals surface area contributed by atoms with E-state index in [9.17, 15) is 4.79 Å². The quantitative estimate of drug-likeness (QED) is 0.713. The van der Waals surface area contributed by atoms with Crippen LogP contribution in [0.25, 0.3) is 0 Å². The molecule has 0 spiro atoms. The molecule has 0 radical (unpaired) electrons. The van der Waals surface area contributed by atoms with Crippen LogP contribution in [0, 0.1) is 13.8 Å². The summed E-state index contributed by atoms with van der Waals surface area (Å²) in [7, 11) is 4.05. The molecule has 0 unspecified atom stereocenters. The van der Waals surface area contributed by atoms with E-state index in [2.05, 4.69) is 53.6 Å². The van der Waals surface area contributed by atoms with Gasteiger partial charge in [-0.2, -0.15) is 5.10 Å². The zero-order chi connectivity index (χ0) is 18.2. The van der Waals surface area contributed by atoms with Gasteiger partial charge in [0, 0.05) is 45.0 Å². The molecule has 0 fully saturated rings. The second-order valence-corrected chi connectivity index (χ2v) is 6.59. The van der Waals surface area contributed by atoms with Crippen LogP contribution in [0.5, 0.6) is 0 Å². The highest BCUT2D eigenvalue weighted by molar-refractivity contribution is 5.76. The van der Waals surface area contributed by atoms with Gasteiger partial charge in [0.1, 0.15) is 0 Å². The summed E-state index contributed by atoms with van der Waals surface area (Å²) in [4.78, 5) is 14.3. The van der Waals surface area contributed by atoms with Crippen LogP contribution >= 0.6 is 0 Å². The molecule has 0 aliphatic rings. The zero-order valence-corrected chi connectivity index (χ0v) is 15.9. The van der Waals surface area contributed by atoms with Gasteiger partial charge in [-0.1, -0.05) is 18.2 Å². The topological polar surface area (TPSA) is 50.2 Å². The number of carbonyl (C=O) groups is 1. The summed E-state index contributed by atoms with van der Waals surface area (Å²) < 4.78 is 1.88. The summed E-state index contributed by atoms with van der Waals surface area (Å²) in [5.41, 5.74) is 4.60. The molecule has 1 aromatic carbocycles. The minimum Gasteiger partial charge on any atom is -0.375 e. The molecule has 1 aromatic heterocycles. The fraction of sp³-hybridized carbons (Fsp3) is 0.500. The van der Waals surface area contributed by atoms with Crippen LogP contribution in [0.1, 0.15) is 36.2 Å². The van der Waals surface area contributed by atoms with Gasteiger partial charge in [-0.3, -0.25) is 9.48 Å². The third-order valence-corrected chi connectivity index (χ3v) is 4.70. The predicted octanol–water partition coefficient (Wildman–Crippen LogP) is 3.00. The molecular formula is C20H30N4O. The highest BCUT2D eigenvalue weighted by Crippen LogP contribution is 2.14. The van der Waals surface area contributed by atoms with Gasteiger partial charge in [-0.05, 0) is 50.8 Å². The third-order valence-electron chi connectivity index (χ3n) is 4.70. The average Bonchev–Trinajstić information content (AvgIpc) is 2.85. The van der Waals surface area contributed by atoms with Gasteiger partial charge in [0.05, 0.1) is 5.69 Å². The van der Waals surface area contributed by atoms with Crippen molar-refractivity contribution < 1.29 is 4.79 Å². The molecule has 2 rings (SSSR count). The summed E-state index contributed by atoms with van der Waals surface area (Å²) in [6, 6.07) is 10.4. The molecule has 1 amide bonds. The number of aryl methyl sites for hydroxylation is 2. The number of nitrogens with one attached hydrogen (secondary N) is 1. The van der Waals surface area contributed by atoms with Crippen molar-refractivity contribution >= 4 is 11.6 Å². The number of rotatable bonds is 9. The van der Waals surface area contributed by atoms with Crippen molar-refractivity contribution in [2.24, 2.45) is 7.05 Å². The highest BCUT2D eigenvalue weighted by atomic mass is 16.1. The summed E-state index contributed by atoms with van der Waals surface area (Å²) in [5.74, 6) is 0.124. The first-order chi connectivity index (χ1) is 12.0. The minimum absolute atomic E-state index is 0.124. The van der Waals surface area contributed by atoms with Gasteiger partial charge < -0.3 is 10.2 Å². The van der Waals surface area contributed by atoms with Crippen molar-refractivity contribution in [3.63, 3.8) is 0 Å². The summed E-state index contributed by atoms with van der Waals surface area (Å²) in [6.07, 6.45) is 3.34. The molecule has 1 heterocycles. The number of hydrogen-bond donors (Lipinski definition) is 1.